The fourth-order valence-electron chi connectivity index (χ4n) is 3.99. The van der Waals surface area contributed by atoms with Crippen LogP contribution < -0.4 is 5.32 Å². The molecule has 0 saturated heterocycles. The van der Waals surface area contributed by atoms with Crippen LogP contribution in [0.25, 0.3) is 0 Å². The van der Waals surface area contributed by atoms with Crippen LogP contribution >= 0.6 is 0 Å². The maximum absolute atomic E-state index is 9.67. The fourth-order valence-corrected chi connectivity index (χ4v) is 3.99. The van der Waals surface area contributed by atoms with Crippen LogP contribution in [-0.2, 0) is 4.74 Å². The Labute approximate surface area is 131 Å². The zero-order chi connectivity index (χ0) is 16.1. The van der Waals surface area contributed by atoms with E-state index in [4.69, 9.17) is 4.74 Å². The molecular weight excluding hydrogens is 262 g/mol. The highest BCUT2D eigenvalue weighted by molar-refractivity contribution is 4.87. The molecule has 4 unspecified atom stereocenters. The molecule has 1 aliphatic carbocycles. The molecule has 0 aromatic heterocycles. The summed E-state index contributed by atoms with van der Waals surface area (Å²) in [6, 6.07) is 0. The van der Waals surface area contributed by atoms with Gasteiger partial charge >= 0.3 is 0 Å². The lowest BCUT2D eigenvalue weighted by Gasteiger charge is -2.41. The first-order chi connectivity index (χ1) is 9.69. The quantitative estimate of drug-likeness (QED) is 0.717. The van der Waals surface area contributed by atoms with Gasteiger partial charge in [-0.2, -0.15) is 0 Å². The first-order valence-corrected chi connectivity index (χ1v) is 8.71. The predicted molar refractivity (Wildman–Crippen MR) is 89.5 cm³/mol. The van der Waals surface area contributed by atoms with Crippen molar-refractivity contribution < 1.29 is 9.84 Å². The molecule has 0 aromatic carbocycles. The molecule has 0 spiro atoms. The van der Waals surface area contributed by atoms with Crippen LogP contribution in [-0.4, -0.2) is 36.0 Å². The molecule has 3 heteroatoms. The SMILES string of the molecule is CCCNC(C)(CO)CC(C)OC1CC(C)CC(C)(C)C1. The van der Waals surface area contributed by atoms with Gasteiger partial charge in [-0.15, -0.1) is 0 Å². The molecular formula is C18H37NO2. The number of aliphatic hydroxyl groups is 1. The maximum atomic E-state index is 9.67. The van der Waals surface area contributed by atoms with E-state index in [-0.39, 0.29) is 18.2 Å². The summed E-state index contributed by atoms with van der Waals surface area (Å²) >= 11 is 0. The van der Waals surface area contributed by atoms with Gasteiger partial charge in [0.05, 0.1) is 18.8 Å². The minimum absolute atomic E-state index is 0.160. The molecule has 3 nitrogen and oxygen atoms in total. The summed E-state index contributed by atoms with van der Waals surface area (Å²) in [6.07, 6.45) is 6.11. The highest BCUT2D eigenvalue weighted by Crippen LogP contribution is 2.40. The van der Waals surface area contributed by atoms with E-state index in [1.165, 1.54) is 12.8 Å². The van der Waals surface area contributed by atoms with Crippen molar-refractivity contribution in [1.29, 1.82) is 0 Å². The molecule has 0 aliphatic heterocycles. The van der Waals surface area contributed by atoms with Gasteiger partial charge in [-0.1, -0.05) is 27.7 Å². The normalized spacial score (nSPS) is 29.9. The van der Waals surface area contributed by atoms with Gasteiger partial charge in [0.1, 0.15) is 0 Å². The standard InChI is InChI=1S/C18H37NO2/c1-7-8-19-18(6,13-20)11-15(3)21-16-9-14(2)10-17(4,5)12-16/h14-16,19-20H,7-13H2,1-6H3. The smallest absolute Gasteiger partial charge is 0.0611 e. The van der Waals surface area contributed by atoms with Gasteiger partial charge in [-0.3, -0.25) is 0 Å². The Bertz CT molecular complexity index is 306. The molecule has 1 rings (SSSR count). The monoisotopic (exact) mass is 299 g/mol. The Hall–Kier alpha value is -0.120. The third kappa shape index (κ3) is 6.66. The van der Waals surface area contributed by atoms with Crippen molar-refractivity contribution in [1.82, 2.24) is 5.32 Å². The van der Waals surface area contributed by atoms with Crippen LogP contribution in [0.1, 0.15) is 73.6 Å². The molecule has 0 aromatic rings. The highest BCUT2D eigenvalue weighted by Gasteiger charge is 2.34. The zero-order valence-electron chi connectivity index (χ0n) is 15.0. The van der Waals surface area contributed by atoms with Gasteiger partial charge in [-0.05, 0) is 63.8 Å². The number of hydrogen-bond donors (Lipinski definition) is 2. The van der Waals surface area contributed by atoms with E-state index in [0.29, 0.717) is 11.5 Å². The molecule has 0 amide bonds. The summed E-state index contributed by atoms with van der Waals surface area (Å²) in [7, 11) is 0. The third-order valence-corrected chi connectivity index (χ3v) is 4.66. The topological polar surface area (TPSA) is 41.5 Å². The molecule has 126 valence electrons. The van der Waals surface area contributed by atoms with E-state index in [9.17, 15) is 5.11 Å². The first-order valence-electron chi connectivity index (χ1n) is 8.71. The average Bonchev–Trinajstić information content (AvgIpc) is 2.33. The number of hydrogen-bond acceptors (Lipinski definition) is 3. The second kappa shape index (κ2) is 7.94. The second-order valence-electron chi connectivity index (χ2n) is 8.33. The summed E-state index contributed by atoms with van der Waals surface area (Å²) < 4.78 is 6.32. The molecule has 2 N–H and O–H groups in total. The summed E-state index contributed by atoms with van der Waals surface area (Å²) in [6.45, 7) is 14.5. The summed E-state index contributed by atoms with van der Waals surface area (Å²) in [5.41, 5.74) is 0.161. The predicted octanol–water partition coefficient (Wildman–Crippen LogP) is 3.75. The summed E-state index contributed by atoms with van der Waals surface area (Å²) in [4.78, 5) is 0. The maximum Gasteiger partial charge on any atom is 0.0611 e. The van der Waals surface area contributed by atoms with Gasteiger partial charge in [-0.25, -0.2) is 0 Å². The summed E-state index contributed by atoms with van der Waals surface area (Å²) in [5.74, 6) is 0.744. The van der Waals surface area contributed by atoms with Gasteiger partial charge in [0.2, 0.25) is 0 Å². The third-order valence-electron chi connectivity index (χ3n) is 4.66. The molecule has 0 bridgehead atoms. The van der Waals surface area contributed by atoms with Crippen molar-refractivity contribution in [3.8, 4) is 0 Å². The second-order valence-corrected chi connectivity index (χ2v) is 8.33. The Morgan fingerprint density at radius 1 is 1.38 bits per heavy atom. The van der Waals surface area contributed by atoms with E-state index in [0.717, 1.165) is 31.7 Å². The highest BCUT2D eigenvalue weighted by atomic mass is 16.5. The molecule has 4 atom stereocenters. The minimum Gasteiger partial charge on any atom is -0.394 e. The Morgan fingerprint density at radius 2 is 2.05 bits per heavy atom. The molecule has 1 aliphatic rings. The lowest BCUT2D eigenvalue weighted by molar-refractivity contribution is -0.0708. The van der Waals surface area contributed by atoms with E-state index in [1.807, 2.05) is 0 Å². The number of ether oxygens (including phenoxy) is 1. The van der Waals surface area contributed by atoms with Crippen molar-refractivity contribution in [2.75, 3.05) is 13.2 Å². The number of rotatable bonds is 8. The van der Waals surface area contributed by atoms with Crippen LogP contribution in [0.5, 0.6) is 0 Å². The van der Waals surface area contributed by atoms with Gasteiger partial charge in [0.15, 0.2) is 0 Å². The Balaban J connectivity index is 2.50. The fraction of sp³-hybridized carbons (Fsp3) is 1.00. The van der Waals surface area contributed by atoms with E-state index >= 15 is 0 Å². The van der Waals surface area contributed by atoms with E-state index < -0.39 is 0 Å². The molecule has 1 fully saturated rings. The molecule has 0 heterocycles. The Kier molecular flexibility index (Phi) is 7.15. The van der Waals surface area contributed by atoms with Gasteiger partial charge in [0, 0.05) is 5.54 Å². The van der Waals surface area contributed by atoms with Crippen molar-refractivity contribution in [3.05, 3.63) is 0 Å². The van der Waals surface area contributed by atoms with Gasteiger partial charge < -0.3 is 15.2 Å². The van der Waals surface area contributed by atoms with Crippen molar-refractivity contribution in [2.45, 2.75) is 91.4 Å². The van der Waals surface area contributed by atoms with Crippen molar-refractivity contribution >= 4 is 0 Å². The van der Waals surface area contributed by atoms with E-state index in [1.54, 1.807) is 0 Å². The lowest BCUT2D eigenvalue weighted by Crippen LogP contribution is -2.49. The first kappa shape index (κ1) is 18.9. The van der Waals surface area contributed by atoms with Crippen molar-refractivity contribution in [3.63, 3.8) is 0 Å². The molecule has 1 saturated carbocycles. The summed E-state index contributed by atoms with van der Waals surface area (Å²) in [5, 5.41) is 13.1. The molecule has 0 radical (unpaired) electrons. The van der Waals surface area contributed by atoms with Crippen LogP contribution in [0.15, 0.2) is 0 Å². The minimum atomic E-state index is -0.231. The van der Waals surface area contributed by atoms with Crippen LogP contribution in [0, 0.1) is 11.3 Å². The van der Waals surface area contributed by atoms with Crippen LogP contribution in [0.3, 0.4) is 0 Å². The average molecular weight is 299 g/mol. The lowest BCUT2D eigenvalue weighted by atomic mass is 9.71. The van der Waals surface area contributed by atoms with Gasteiger partial charge in [0.25, 0.3) is 0 Å². The largest absolute Gasteiger partial charge is 0.394 e. The molecule has 21 heavy (non-hydrogen) atoms. The number of aliphatic hydroxyl groups excluding tert-OH is 1. The van der Waals surface area contributed by atoms with Crippen molar-refractivity contribution in [2.24, 2.45) is 11.3 Å². The van der Waals surface area contributed by atoms with E-state index in [2.05, 4.69) is 46.9 Å². The zero-order valence-corrected chi connectivity index (χ0v) is 15.0. The van der Waals surface area contributed by atoms with Crippen LogP contribution in [0.2, 0.25) is 0 Å². The Morgan fingerprint density at radius 3 is 2.57 bits per heavy atom. The number of nitrogens with one attached hydrogen (secondary N) is 1. The van der Waals surface area contributed by atoms with Crippen LogP contribution in [0.4, 0.5) is 0 Å².